The number of para-hydroxylation sites is 1. The first-order valence-corrected chi connectivity index (χ1v) is 10.6. The van der Waals surface area contributed by atoms with Gasteiger partial charge in [-0.1, -0.05) is 36.4 Å². The molecule has 6 nitrogen and oxygen atoms in total. The first-order chi connectivity index (χ1) is 13.5. The van der Waals surface area contributed by atoms with Crippen LogP contribution in [0.1, 0.15) is 34.3 Å². The third kappa shape index (κ3) is 3.80. The molecule has 4 rings (SSSR count). The molecule has 1 atom stereocenters. The summed E-state index contributed by atoms with van der Waals surface area (Å²) in [7, 11) is -3.53. The predicted molar refractivity (Wildman–Crippen MR) is 103 cm³/mol. The number of rotatable bonds is 5. The summed E-state index contributed by atoms with van der Waals surface area (Å²) in [6.45, 7) is 0.515. The number of ether oxygens (including phenoxy) is 1. The third-order valence-electron chi connectivity index (χ3n) is 4.58. The minimum atomic E-state index is -3.53. The zero-order chi connectivity index (χ0) is 19.6. The number of sulfone groups is 1. The van der Waals surface area contributed by atoms with E-state index in [0.717, 1.165) is 11.3 Å². The van der Waals surface area contributed by atoms with Crippen LogP contribution < -0.4 is 10.1 Å². The highest BCUT2D eigenvalue weighted by molar-refractivity contribution is 7.90. The zero-order valence-corrected chi connectivity index (χ0v) is 15.8. The van der Waals surface area contributed by atoms with E-state index < -0.39 is 9.84 Å². The minimum Gasteiger partial charge on any atom is -0.493 e. The lowest BCUT2D eigenvalue weighted by Gasteiger charge is -2.26. The van der Waals surface area contributed by atoms with Gasteiger partial charge in [0, 0.05) is 12.0 Å². The van der Waals surface area contributed by atoms with Gasteiger partial charge in [0.1, 0.15) is 17.3 Å². The van der Waals surface area contributed by atoms with E-state index in [-0.39, 0.29) is 34.1 Å². The molecular formula is C21H19NO5S. The van der Waals surface area contributed by atoms with Crippen molar-refractivity contribution in [2.24, 2.45) is 0 Å². The highest BCUT2D eigenvalue weighted by Gasteiger charge is 2.25. The van der Waals surface area contributed by atoms with Gasteiger partial charge in [0.15, 0.2) is 15.6 Å². The van der Waals surface area contributed by atoms with Crippen LogP contribution in [0, 0.1) is 0 Å². The molecule has 2 aromatic carbocycles. The maximum Gasteiger partial charge on any atom is 0.287 e. The summed E-state index contributed by atoms with van der Waals surface area (Å²) in [6, 6.07) is 18.6. The van der Waals surface area contributed by atoms with Crippen molar-refractivity contribution < 1.29 is 22.4 Å². The Morgan fingerprint density at radius 1 is 1.00 bits per heavy atom. The third-order valence-corrected chi connectivity index (χ3v) is 6.24. The predicted octanol–water partition coefficient (Wildman–Crippen LogP) is 3.51. The molecule has 1 unspecified atom stereocenters. The van der Waals surface area contributed by atoms with E-state index in [2.05, 4.69) is 5.32 Å². The summed E-state index contributed by atoms with van der Waals surface area (Å²) >= 11 is 0. The molecule has 7 heteroatoms. The lowest BCUT2D eigenvalue weighted by atomic mass is 10.0. The van der Waals surface area contributed by atoms with Crippen LogP contribution in [0.4, 0.5) is 0 Å². The Morgan fingerprint density at radius 2 is 1.75 bits per heavy atom. The van der Waals surface area contributed by atoms with Crippen LogP contribution in [0.2, 0.25) is 0 Å². The van der Waals surface area contributed by atoms with E-state index in [9.17, 15) is 13.2 Å². The number of carbonyl (C=O) groups is 1. The summed E-state index contributed by atoms with van der Waals surface area (Å²) in [5.74, 6) is 0.381. The van der Waals surface area contributed by atoms with Gasteiger partial charge in [-0.05, 0) is 30.3 Å². The largest absolute Gasteiger partial charge is 0.493 e. The molecule has 0 saturated heterocycles. The van der Waals surface area contributed by atoms with Gasteiger partial charge in [-0.15, -0.1) is 0 Å². The van der Waals surface area contributed by atoms with Gasteiger partial charge in [0.2, 0.25) is 0 Å². The van der Waals surface area contributed by atoms with Crippen molar-refractivity contribution in [3.63, 3.8) is 0 Å². The highest BCUT2D eigenvalue weighted by atomic mass is 32.2. The topological polar surface area (TPSA) is 85.6 Å². The SMILES string of the molecule is O=C(NC1CCOc2ccccc21)c1ccc(CS(=O)(=O)c2ccccc2)o1. The summed E-state index contributed by atoms with van der Waals surface area (Å²) < 4.78 is 36.0. The van der Waals surface area contributed by atoms with Crippen molar-refractivity contribution in [3.05, 3.63) is 83.8 Å². The fourth-order valence-corrected chi connectivity index (χ4v) is 4.47. The number of hydrogen-bond donors (Lipinski definition) is 1. The van der Waals surface area contributed by atoms with Crippen molar-refractivity contribution in [1.82, 2.24) is 5.32 Å². The molecule has 0 spiro atoms. The highest BCUT2D eigenvalue weighted by Crippen LogP contribution is 2.31. The van der Waals surface area contributed by atoms with Gasteiger partial charge in [-0.3, -0.25) is 4.79 Å². The molecule has 28 heavy (non-hydrogen) atoms. The van der Waals surface area contributed by atoms with Gasteiger partial charge in [-0.2, -0.15) is 0 Å². The van der Waals surface area contributed by atoms with Crippen LogP contribution in [0.25, 0.3) is 0 Å². The Hall–Kier alpha value is -3.06. The molecule has 1 aliphatic rings. The number of nitrogens with one attached hydrogen (secondary N) is 1. The summed E-state index contributed by atoms with van der Waals surface area (Å²) in [5.41, 5.74) is 0.917. The smallest absolute Gasteiger partial charge is 0.287 e. The fraction of sp³-hybridized carbons (Fsp3) is 0.190. The maximum absolute atomic E-state index is 12.6. The van der Waals surface area contributed by atoms with E-state index in [4.69, 9.17) is 9.15 Å². The van der Waals surface area contributed by atoms with Crippen molar-refractivity contribution in [3.8, 4) is 5.75 Å². The minimum absolute atomic E-state index is 0.0854. The average Bonchev–Trinajstić information content (AvgIpc) is 3.17. The Kier molecular flexibility index (Phi) is 4.92. The lowest BCUT2D eigenvalue weighted by Crippen LogP contribution is -2.31. The average molecular weight is 397 g/mol. The van der Waals surface area contributed by atoms with Crippen LogP contribution in [0.5, 0.6) is 5.75 Å². The van der Waals surface area contributed by atoms with E-state index in [1.165, 1.54) is 24.3 Å². The van der Waals surface area contributed by atoms with Gasteiger partial charge < -0.3 is 14.5 Å². The number of fused-ring (bicyclic) bond motifs is 1. The van der Waals surface area contributed by atoms with Crippen LogP contribution in [-0.4, -0.2) is 20.9 Å². The Bertz CT molecular complexity index is 1090. The number of amides is 1. The second kappa shape index (κ2) is 7.52. The number of benzene rings is 2. The molecule has 1 aromatic heterocycles. The van der Waals surface area contributed by atoms with Crippen LogP contribution in [0.15, 0.2) is 76.0 Å². The lowest BCUT2D eigenvalue weighted by molar-refractivity contribution is 0.0895. The number of hydrogen-bond acceptors (Lipinski definition) is 5. The summed E-state index contributed by atoms with van der Waals surface area (Å²) in [4.78, 5) is 12.8. The molecule has 0 radical (unpaired) electrons. The van der Waals surface area contributed by atoms with E-state index >= 15 is 0 Å². The van der Waals surface area contributed by atoms with Gasteiger partial charge >= 0.3 is 0 Å². The molecule has 0 saturated carbocycles. The Balaban J connectivity index is 1.47. The van der Waals surface area contributed by atoms with Crippen molar-refractivity contribution in [2.45, 2.75) is 23.1 Å². The van der Waals surface area contributed by atoms with Crippen LogP contribution >= 0.6 is 0 Å². The summed E-state index contributed by atoms with van der Waals surface area (Å²) in [6.07, 6.45) is 0.651. The maximum atomic E-state index is 12.6. The molecular weight excluding hydrogens is 378 g/mol. The second-order valence-corrected chi connectivity index (χ2v) is 8.53. The van der Waals surface area contributed by atoms with E-state index in [1.807, 2.05) is 24.3 Å². The van der Waals surface area contributed by atoms with E-state index in [1.54, 1.807) is 18.2 Å². The molecule has 0 aliphatic carbocycles. The second-order valence-electron chi connectivity index (χ2n) is 6.54. The zero-order valence-electron chi connectivity index (χ0n) is 15.0. The van der Waals surface area contributed by atoms with Crippen molar-refractivity contribution >= 4 is 15.7 Å². The van der Waals surface area contributed by atoms with Gasteiger partial charge in [0.25, 0.3) is 5.91 Å². The first-order valence-electron chi connectivity index (χ1n) is 8.92. The van der Waals surface area contributed by atoms with E-state index in [0.29, 0.717) is 13.0 Å². The number of furan rings is 1. The molecule has 144 valence electrons. The molecule has 2 heterocycles. The molecule has 1 N–H and O–H groups in total. The molecule has 3 aromatic rings. The summed E-state index contributed by atoms with van der Waals surface area (Å²) in [5, 5.41) is 2.94. The monoisotopic (exact) mass is 397 g/mol. The molecule has 1 aliphatic heterocycles. The Labute approximate surface area is 163 Å². The van der Waals surface area contributed by atoms with Crippen molar-refractivity contribution in [1.29, 1.82) is 0 Å². The molecule has 1 amide bonds. The van der Waals surface area contributed by atoms with Crippen LogP contribution in [-0.2, 0) is 15.6 Å². The molecule has 0 fully saturated rings. The van der Waals surface area contributed by atoms with Crippen molar-refractivity contribution in [2.75, 3.05) is 6.61 Å². The number of carbonyl (C=O) groups excluding carboxylic acids is 1. The van der Waals surface area contributed by atoms with Gasteiger partial charge in [0.05, 0.1) is 17.5 Å². The molecule has 0 bridgehead atoms. The normalized spacial score (nSPS) is 16.1. The fourth-order valence-electron chi connectivity index (χ4n) is 3.20. The van der Waals surface area contributed by atoms with Crippen LogP contribution in [0.3, 0.4) is 0 Å². The quantitative estimate of drug-likeness (QED) is 0.712. The standard InChI is InChI=1S/C21H19NO5S/c23-21(22-18-12-13-26-19-9-5-4-8-17(18)19)20-11-10-15(27-20)14-28(24,25)16-6-2-1-3-7-16/h1-11,18H,12-14H2,(H,22,23). The van der Waals surface area contributed by atoms with Gasteiger partial charge in [-0.25, -0.2) is 8.42 Å². The Morgan fingerprint density at radius 3 is 2.57 bits per heavy atom. The first kappa shape index (κ1) is 18.3.